The summed E-state index contributed by atoms with van der Waals surface area (Å²) in [7, 11) is 4.65. The SMILES string of the molecule is COc1cc(Nc2nc(N)c(-c3nc(-c4cccc(NC(=O)/C=C/c5ccc(F)cc5)c4)cs3)s2)cc(OC)c1OC. The lowest BCUT2D eigenvalue weighted by molar-refractivity contribution is -0.111. The molecule has 4 N–H and O–H groups in total. The normalized spacial score (nSPS) is 11.0. The molecule has 42 heavy (non-hydrogen) atoms. The molecule has 2 heterocycles. The number of halogens is 1. The molecule has 0 atom stereocenters. The highest BCUT2D eigenvalue weighted by Gasteiger charge is 2.18. The third kappa shape index (κ3) is 6.51. The summed E-state index contributed by atoms with van der Waals surface area (Å²) >= 11 is 2.82. The van der Waals surface area contributed by atoms with Gasteiger partial charge in [0, 0.05) is 40.5 Å². The van der Waals surface area contributed by atoms with Crippen molar-refractivity contribution >= 4 is 57.0 Å². The lowest BCUT2D eigenvalue weighted by atomic mass is 10.1. The molecule has 9 nitrogen and oxygen atoms in total. The van der Waals surface area contributed by atoms with Crippen LogP contribution in [0.2, 0.25) is 0 Å². The van der Waals surface area contributed by atoms with Crippen molar-refractivity contribution in [2.75, 3.05) is 37.7 Å². The van der Waals surface area contributed by atoms with Gasteiger partial charge >= 0.3 is 0 Å². The van der Waals surface area contributed by atoms with Crippen molar-refractivity contribution in [2.24, 2.45) is 0 Å². The molecule has 214 valence electrons. The Morgan fingerprint density at radius 3 is 2.38 bits per heavy atom. The number of carbonyl (C=O) groups is 1. The van der Waals surface area contributed by atoms with E-state index >= 15 is 0 Å². The molecule has 0 spiro atoms. The summed E-state index contributed by atoms with van der Waals surface area (Å²) in [4.78, 5) is 22.4. The van der Waals surface area contributed by atoms with Crippen molar-refractivity contribution in [1.29, 1.82) is 0 Å². The molecule has 0 radical (unpaired) electrons. The lowest BCUT2D eigenvalue weighted by Gasteiger charge is -2.14. The number of nitrogens with zero attached hydrogens (tertiary/aromatic N) is 2. The standard InChI is InChI=1S/C30H26FN5O4S2/c1-38-23-14-21(15-24(39-2)26(23)40-3)34-30-36-28(32)27(42-30)29-35-22(16-41-29)18-5-4-6-20(13-18)33-25(37)12-9-17-7-10-19(31)11-8-17/h4-16H,32H2,1-3H3,(H,33,37)(H,34,36)/b12-9+. The van der Waals surface area contributed by atoms with Gasteiger partial charge in [-0.1, -0.05) is 35.6 Å². The Kier molecular flexibility index (Phi) is 8.65. The van der Waals surface area contributed by atoms with Gasteiger partial charge < -0.3 is 30.6 Å². The lowest BCUT2D eigenvalue weighted by Crippen LogP contribution is -2.07. The maximum absolute atomic E-state index is 13.1. The quantitative estimate of drug-likeness (QED) is 0.145. The van der Waals surface area contributed by atoms with E-state index in [1.54, 1.807) is 57.7 Å². The number of amides is 1. The van der Waals surface area contributed by atoms with Crippen molar-refractivity contribution in [3.63, 3.8) is 0 Å². The molecule has 12 heteroatoms. The zero-order chi connectivity index (χ0) is 29.6. The number of thiazole rings is 2. The minimum atomic E-state index is -0.329. The average Bonchev–Trinajstić information content (AvgIpc) is 3.63. The van der Waals surface area contributed by atoms with Gasteiger partial charge in [0.05, 0.1) is 27.0 Å². The molecule has 0 saturated heterocycles. The number of aromatic nitrogens is 2. The van der Waals surface area contributed by atoms with Gasteiger partial charge in [-0.05, 0) is 35.9 Å². The topological polar surface area (TPSA) is 121 Å². The van der Waals surface area contributed by atoms with Gasteiger partial charge in [-0.2, -0.15) is 0 Å². The van der Waals surface area contributed by atoms with Crippen molar-refractivity contribution in [3.8, 4) is 38.4 Å². The number of hydrogen-bond acceptors (Lipinski definition) is 10. The predicted molar refractivity (Wildman–Crippen MR) is 167 cm³/mol. The third-order valence-corrected chi connectivity index (χ3v) is 7.97. The first kappa shape index (κ1) is 28.6. The average molecular weight is 604 g/mol. The van der Waals surface area contributed by atoms with Crippen molar-refractivity contribution in [1.82, 2.24) is 9.97 Å². The van der Waals surface area contributed by atoms with E-state index in [1.165, 1.54) is 40.9 Å². The van der Waals surface area contributed by atoms with Gasteiger partial charge in [-0.15, -0.1) is 11.3 Å². The molecule has 0 unspecified atom stereocenters. The molecule has 0 aliphatic heterocycles. The first-order valence-corrected chi connectivity index (χ1v) is 14.2. The third-order valence-electron chi connectivity index (χ3n) is 5.99. The van der Waals surface area contributed by atoms with E-state index in [-0.39, 0.29) is 11.7 Å². The number of benzene rings is 3. The van der Waals surface area contributed by atoms with Crippen LogP contribution in [0.15, 0.2) is 72.1 Å². The van der Waals surface area contributed by atoms with Crippen molar-refractivity contribution in [2.45, 2.75) is 0 Å². The van der Waals surface area contributed by atoms with E-state index in [0.717, 1.165) is 26.7 Å². The second-order valence-corrected chi connectivity index (χ2v) is 10.6. The van der Waals surface area contributed by atoms with Gasteiger partial charge in [0.25, 0.3) is 0 Å². The highest BCUT2D eigenvalue weighted by atomic mass is 32.1. The zero-order valence-electron chi connectivity index (χ0n) is 22.8. The zero-order valence-corrected chi connectivity index (χ0v) is 24.4. The first-order chi connectivity index (χ1) is 20.4. The van der Waals surface area contributed by atoms with Crippen LogP contribution in [0.1, 0.15) is 5.56 Å². The second kappa shape index (κ2) is 12.7. The van der Waals surface area contributed by atoms with Crippen molar-refractivity contribution in [3.05, 3.63) is 83.5 Å². The summed E-state index contributed by atoms with van der Waals surface area (Å²) in [6.45, 7) is 0. The number of carbonyl (C=O) groups excluding carboxylic acids is 1. The fourth-order valence-corrected chi connectivity index (χ4v) is 5.85. The van der Waals surface area contributed by atoms with Crippen LogP contribution in [0.4, 0.5) is 26.7 Å². The minimum Gasteiger partial charge on any atom is -0.493 e. The Morgan fingerprint density at radius 2 is 1.69 bits per heavy atom. The van der Waals surface area contributed by atoms with E-state index in [2.05, 4.69) is 15.6 Å². The van der Waals surface area contributed by atoms with Crippen LogP contribution in [0.25, 0.3) is 27.2 Å². The van der Waals surface area contributed by atoms with Gasteiger partial charge in [0.2, 0.25) is 11.7 Å². The molecular formula is C30H26FN5O4S2. The predicted octanol–water partition coefficient (Wildman–Crippen LogP) is 7.08. The van der Waals surface area contributed by atoms with Gasteiger partial charge in [0.1, 0.15) is 21.5 Å². The Morgan fingerprint density at radius 1 is 0.952 bits per heavy atom. The van der Waals surface area contributed by atoms with E-state index in [1.807, 2.05) is 23.6 Å². The fraction of sp³-hybridized carbons (Fsp3) is 0.100. The van der Waals surface area contributed by atoms with Gasteiger partial charge in [-0.25, -0.2) is 14.4 Å². The number of anilines is 4. The maximum atomic E-state index is 13.1. The summed E-state index contributed by atoms with van der Waals surface area (Å²) in [5.74, 6) is 1.23. The molecule has 0 saturated carbocycles. The fourth-order valence-electron chi connectivity index (χ4n) is 4.01. The van der Waals surface area contributed by atoms with E-state index in [4.69, 9.17) is 24.9 Å². The molecule has 0 bridgehead atoms. The number of rotatable bonds is 10. The van der Waals surface area contributed by atoms with Crippen LogP contribution >= 0.6 is 22.7 Å². The molecule has 0 fully saturated rings. The smallest absolute Gasteiger partial charge is 0.248 e. The van der Waals surface area contributed by atoms with Gasteiger partial charge in [-0.3, -0.25) is 4.79 Å². The summed E-state index contributed by atoms with van der Waals surface area (Å²) in [6.07, 6.45) is 3.02. The molecule has 2 aromatic heterocycles. The van der Waals surface area contributed by atoms with E-state index in [9.17, 15) is 9.18 Å². The largest absolute Gasteiger partial charge is 0.493 e. The Balaban J connectivity index is 1.30. The second-order valence-electron chi connectivity index (χ2n) is 8.77. The Hall–Kier alpha value is -4.94. The Labute approximate surface area is 249 Å². The molecule has 0 aliphatic rings. The maximum Gasteiger partial charge on any atom is 0.248 e. The van der Waals surface area contributed by atoms with Crippen LogP contribution in [0.5, 0.6) is 17.2 Å². The van der Waals surface area contributed by atoms with E-state index < -0.39 is 0 Å². The van der Waals surface area contributed by atoms with Crippen LogP contribution in [0, 0.1) is 5.82 Å². The van der Waals surface area contributed by atoms with Crippen LogP contribution < -0.4 is 30.6 Å². The molecular weight excluding hydrogens is 577 g/mol. The van der Waals surface area contributed by atoms with Crippen LogP contribution in [-0.4, -0.2) is 37.2 Å². The summed E-state index contributed by atoms with van der Waals surface area (Å²) in [6, 6.07) is 16.8. The molecule has 0 aliphatic carbocycles. The first-order valence-electron chi connectivity index (χ1n) is 12.5. The highest BCUT2D eigenvalue weighted by Crippen LogP contribution is 2.43. The number of nitrogens with two attached hydrogens (primary N) is 1. The highest BCUT2D eigenvalue weighted by molar-refractivity contribution is 7.23. The molecule has 1 amide bonds. The van der Waals surface area contributed by atoms with Crippen molar-refractivity contribution < 1.29 is 23.4 Å². The Bertz CT molecular complexity index is 1730. The molecule has 5 aromatic rings. The summed E-state index contributed by atoms with van der Waals surface area (Å²) < 4.78 is 29.3. The van der Waals surface area contributed by atoms with Crippen LogP contribution in [0.3, 0.4) is 0 Å². The molecule has 3 aromatic carbocycles. The monoisotopic (exact) mass is 603 g/mol. The number of hydrogen-bond donors (Lipinski definition) is 3. The van der Waals surface area contributed by atoms with Gasteiger partial charge in [0.15, 0.2) is 16.6 Å². The van der Waals surface area contributed by atoms with E-state index in [0.29, 0.717) is 39.6 Å². The number of nitrogen functional groups attached to an aromatic ring is 1. The summed E-state index contributed by atoms with van der Waals surface area (Å²) in [5, 5.41) is 9.31. The number of ether oxygens (including phenoxy) is 3. The summed E-state index contributed by atoms with van der Waals surface area (Å²) in [5.41, 5.74) is 9.87. The molecule has 5 rings (SSSR count). The van der Waals surface area contributed by atoms with Crippen LogP contribution in [-0.2, 0) is 4.79 Å². The number of methoxy groups -OCH3 is 3. The number of nitrogens with one attached hydrogen (secondary N) is 2. The minimum absolute atomic E-state index is 0.306.